The summed E-state index contributed by atoms with van der Waals surface area (Å²) < 4.78 is 9.81. The van der Waals surface area contributed by atoms with Crippen molar-refractivity contribution >= 4 is 23.5 Å². The number of nitrogens with zero attached hydrogens (tertiary/aromatic N) is 1. The number of carbonyl (C=O) groups excluding carboxylic acids is 2. The van der Waals surface area contributed by atoms with E-state index >= 15 is 0 Å². The van der Waals surface area contributed by atoms with E-state index in [0.29, 0.717) is 0 Å². The number of aliphatic hydroxyl groups is 2. The molecule has 0 radical (unpaired) electrons. The van der Waals surface area contributed by atoms with Gasteiger partial charge in [-0.05, 0) is 54.6 Å². The number of carbonyl (C=O) groups is 4. The summed E-state index contributed by atoms with van der Waals surface area (Å²) in [6, 6.07) is 12.2. The molecule has 2 aromatic carbocycles. The Bertz CT molecular complexity index is 1240. The number of ether oxygens (including phenoxy) is 2. The van der Waals surface area contributed by atoms with Crippen LogP contribution >= 0.6 is 0 Å². The summed E-state index contributed by atoms with van der Waals surface area (Å²) >= 11 is 0. The molecule has 0 saturated heterocycles. The van der Waals surface area contributed by atoms with Crippen LogP contribution in [0.3, 0.4) is 0 Å². The molecule has 3 aromatic rings. The standard InChI is InChI=1S/C20H18O10.C4H4N2O/c1-29-13-7-3-11(4-8-13)15(21)19(27,17(23)24)20(28,18(25)26)16(22)12-5-9-14(30-2)10-6-12;7-4-2-1-3-5-6-4/h3-10,27-28H,1-2H3,(H,23,24)(H,25,26);1-3H,(H,6,7)/t19-,20-;/m1./s1. The van der Waals surface area contributed by atoms with Crippen LogP contribution in [-0.4, -0.2) is 79.6 Å². The second-order valence-corrected chi connectivity index (χ2v) is 7.26. The summed E-state index contributed by atoms with van der Waals surface area (Å²) in [6.07, 6.45) is 1.52. The number of hydrogen-bond donors (Lipinski definition) is 5. The second-order valence-electron chi connectivity index (χ2n) is 7.26. The fraction of sp³-hybridized carbons (Fsp3) is 0.167. The van der Waals surface area contributed by atoms with Crippen molar-refractivity contribution in [1.82, 2.24) is 10.2 Å². The molecule has 0 saturated carbocycles. The normalized spacial score (nSPS) is 13.5. The maximum absolute atomic E-state index is 12.8. The Morgan fingerprint density at radius 1 is 0.730 bits per heavy atom. The Morgan fingerprint density at radius 2 is 1.11 bits per heavy atom. The van der Waals surface area contributed by atoms with Crippen LogP contribution in [0.15, 0.2) is 71.7 Å². The number of nitrogens with one attached hydrogen (secondary N) is 1. The first-order chi connectivity index (χ1) is 17.4. The van der Waals surface area contributed by atoms with Crippen molar-refractivity contribution < 1.29 is 49.1 Å². The maximum Gasteiger partial charge on any atom is 0.348 e. The van der Waals surface area contributed by atoms with Crippen molar-refractivity contribution in [2.45, 2.75) is 11.2 Å². The van der Waals surface area contributed by atoms with Gasteiger partial charge in [0.1, 0.15) is 11.5 Å². The molecule has 0 fully saturated rings. The van der Waals surface area contributed by atoms with Gasteiger partial charge >= 0.3 is 11.9 Å². The van der Waals surface area contributed by atoms with E-state index in [2.05, 4.69) is 10.2 Å². The van der Waals surface area contributed by atoms with Gasteiger partial charge in [0.15, 0.2) is 0 Å². The summed E-state index contributed by atoms with van der Waals surface area (Å²) in [6.45, 7) is 0. The lowest BCUT2D eigenvalue weighted by Gasteiger charge is -2.34. The number of carboxylic acids is 2. The van der Waals surface area contributed by atoms with Crippen LogP contribution < -0.4 is 15.0 Å². The van der Waals surface area contributed by atoms with Crippen LogP contribution in [0.1, 0.15) is 20.7 Å². The van der Waals surface area contributed by atoms with Gasteiger partial charge in [-0.25, -0.2) is 14.7 Å². The van der Waals surface area contributed by atoms with E-state index in [9.17, 15) is 44.4 Å². The molecule has 5 N–H and O–H groups in total. The van der Waals surface area contributed by atoms with Gasteiger partial charge in [0.25, 0.3) is 16.8 Å². The van der Waals surface area contributed by atoms with E-state index in [1.54, 1.807) is 6.07 Å². The Hall–Kier alpha value is -4.88. The number of aliphatic carboxylic acids is 2. The molecule has 13 heteroatoms. The van der Waals surface area contributed by atoms with Crippen LogP contribution in [-0.2, 0) is 9.59 Å². The van der Waals surface area contributed by atoms with Crippen LogP contribution in [0.2, 0.25) is 0 Å². The van der Waals surface area contributed by atoms with Crippen molar-refractivity contribution in [3.05, 3.63) is 88.3 Å². The summed E-state index contributed by atoms with van der Waals surface area (Å²) in [5.74, 6) is -7.68. The molecule has 13 nitrogen and oxygen atoms in total. The first-order valence-corrected chi connectivity index (χ1v) is 10.2. The minimum absolute atomic E-state index is 0.164. The molecular weight excluding hydrogens is 492 g/mol. The van der Waals surface area contributed by atoms with E-state index in [4.69, 9.17) is 9.47 Å². The van der Waals surface area contributed by atoms with E-state index < -0.39 is 45.8 Å². The predicted octanol–water partition coefficient (Wildman–Crippen LogP) is 0.171. The topological polar surface area (TPSA) is 213 Å². The first kappa shape index (κ1) is 28.4. The molecule has 0 unspecified atom stereocenters. The highest BCUT2D eigenvalue weighted by molar-refractivity contribution is 6.28. The molecule has 1 heterocycles. The monoisotopic (exact) mass is 514 g/mol. The summed E-state index contributed by atoms with van der Waals surface area (Å²) in [5.41, 5.74) is -9.18. The highest BCUT2D eigenvalue weighted by Crippen LogP contribution is 2.32. The van der Waals surface area contributed by atoms with Crippen LogP contribution in [0.4, 0.5) is 0 Å². The largest absolute Gasteiger partial charge is 0.497 e. The smallest absolute Gasteiger partial charge is 0.348 e. The van der Waals surface area contributed by atoms with Crippen molar-refractivity contribution in [1.29, 1.82) is 0 Å². The van der Waals surface area contributed by atoms with Gasteiger partial charge in [-0.1, -0.05) is 0 Å². The Kier molecular flexibility index (Phi) is 8.97. The van der Waals surface area contributed by atoms with Gasteiger partial charge in [-0.2, -0.15) is 5.10 Å². The molecule has 0 amide bonds. The zero-order chi connectivity index (χ0) is 27.8. The van der Waals surface area contributed by atoms with Crippen LogP contribution in [0.25, 0.3) is 0 Å². The Morgan fingerprint density at radius 3 is 1.32 bits per heavy atom. The first-order valence-electron chi connectivity index (χ1n) is 10.2. The number of benzene rings is 2. The van der Waals surface area contributed by atoms with Gasteiger partial charge < -0.3 is 29.9 Å². The average Bonchev–Trinajstić information content (AvgIpc) is 2.91. The molecule has 2 atom stereocenters. The van der Waals surface area contributed by atoms with Gasteiger partial charge in [-0.3, -0.25) is 14.4 Å². The minimum Gasteiger partial charge on any atom is -0.497 e. The van der Waals surface area contributed by atoms with Crippen molar-refractivity contribution in [3.63, 3.8) is 0 Å². The summed E-state index contributed by atoms with van der Waals surface area (Å²) in [4.78, 5) is 59.5. The molecule has 37 heavy (non-hydrogen) atoms. The minimum atomic E-state index is -4.04. The van der Waals surface area contributed by atoms with Gasteiger partial charge in [0.2, 0.25) is 11.6 Å². The zero-order valence-corrected chi connectivity index (χ0v) is 19.4. The summed E-state index contributed by atoms with van der Waals surface area (Å²) in [5, 5.41) is 46.1. The number of aromatic amines is 1. The van der Waals surface area contributed by atoms with Crippen molar-refractivity contribution in [2.24, 2.45) is 0 Å². The number of H-pyrrole nitrogens is 1. The highest BCUT2D eigenvalue weighted by atomic mass is 16.5. The summed E-state index contributed by atoms with van der Waals surface area (Å²) in [7, 11) is 2.67. The van der Waals surface area contributed by atoms with Crippen LogP contribution in [0, 0.1) is 0 Å². The lowest BCUT2D eigenvalue weighted by molar-refractivity contribution is -0.187. The molecule has 0 aliphatic heterocycles. The number of methoxy groups -OCH3 is 2. The van der Waals surface area contributed by atoms with Crippen molar-refractivity contribution in [3.8, 4) is 11.5 Å². The van der Waals surface area contributed by atoms with Crippen LogP contribution in [0.5, 0.6) is 11.5 Å². The Labute approximate surface area is 208 Å². The molecule has 0 aliphatic rings. The second kappa shape index (κ2) is 11.7. The van der Waals surface area contributed by atoms with Crippen molar-refractivity contribution in [2.75, 3.05) is 14.2 Å². The van der Waals surface area contributed by atoms with E-state index in [1.807, 2.05) is 0 Å². The number of ketones is 2. The number of Topliss-reactive ketones (excluding diaryl/α,β-unsaturated/α-hetero) is 2. The quantitative estimate of drug-likeness (QED) is 0.191. The van der Waals surface area contributed by atoms with Gasteiger partial charge in [-0.15, -0.1) is 0 Å². The molecular formula is C24H22N2O11. The molecule has 194 valence electrons. The SMILES string of the molecule is COc1ccc(C(=O)[C@@](O)(C(=O)O)[C@](O)(C(=O)O)C(=O)c2ccc(OC)cc2)cc1.O=c1cccn[nH]1. The maximum atomic E-state index is 12.8. The average molecular weight is 514 g/mol. The third kappa shape index (κ3) is 5.69. The molecule has 0 bridgehead atoms. The fourth-order valence-electron chi connectivity index (χ4n) is 3.05. The third-order valence-electron chi connectivity index (χ3n) is 5.09. The molecule has 0 spiro atoms. The number of aromatic nitrogens is 2. The molecule has 1 aromatic heterocycles. The predicted molar refractivity (Wildman–Crippen MR) is 125 cm³/mol. The van der Waals surface area contributed by atoms with Gasteiger partial charge in [0.05, 0.1) is 14.2 Å². The lowest BCUT2D eigenvalue weighted by atomic mass is 9.73. The van der Waals surface area contributed by atoms with E-state index in [1.165, 1.54) is 50.7 Å². The Balaban J connectivity index is 0.000000591. The lowest BCUT2D eigenvalue weighted by Crippen LogP contribution is -2.71. The fourth-order valence-corrected chi connectivity index (χ4v) is 3.05. The van der Waals surface area contributed by atoms with E-state index in [-0.39, 0.29) is 17.1 Å². The number of rotatable bonds is 9. The highest BCUT2D eigenvalue weighted by Gasteiger charge is 2.69. The number of hydrogen-bond acceptors (Lipinski definition) is 10. The van der Waals surface area contributed by atoms with E-state index in [0.717, 1.165) is 24.3 Å². The third-order valence-corrected chi connectivity index (χ3v) is 5.09. The number of carboxylic acid groups (broad SMARTS) is 2. The molecule has 0 aliphatic carbocycles. The molecule has 3 rings (SSSR count). The van der Waals surface area contributed by atoms with Gasteiger partial charge in [0, 0.05) is 23.4 Å². The zero-order valence-electron chi connectivity index (χ0n) is 19.4.